The van der Waals surface area contributed by atoms with Gasteiger partial charge >= 0.3 is 12.2 Å². The first-order chi connectivity index (χ1) is 23.1. The monoisotopic (exact) mass is 649 g/mol. The molecule has 12 heteroatoms. The van der Waals surface area contributed by atoms with Crippen molar-refractivity contribution in [2.24, 2.45) is 0 Å². The van der Waals surface area contributed by atoms with Crippen LogP contribution in [0.5, 0.6) is 0 Å². The molecule has 0 aliphatic heterocycles. The van der Waals surface area contributed by atoms with E-state index in [1.807, 2.05) is 24.3 Å². The Bertz CT molecular complexity index is 1370. The Balaban J connectivity index is 0.995. The maximum Gasteiger partial charge on any atom is 0.407 e. The molecule has 3 amide bonds. The molecule has 0 atom stereocenters. The summed E-state index contributed by atoms with van der Waals surface area (Å²) in [6, 6.07) is 23.5. The van der Waals surface area contributed by atoms with Gasteiger partial charge in [-0.3, -0.25) is 4.79 Å². The summed E-state index contributed by atoms with van der Waals surface area (Å²) in [6.45, 7) is 4.24. The molecule has 0 bridgehead atoms. The van der Waals surface area contributed by atoms with E-state index in [1.165, 1.54) is 18.2 Å². The van der Waals surface area contributed by atoms with E-state index >= 15 is 0 Å². The van der Waals surface area contributed by atoms with Crippen LogP contribution < -0.4 is 16.0 Å². The van der Waals surface area contributed by atoms with Crippen molar-refractivity contribution < 1.29 is 42.8 Å². The summed E-state index contributed by atoms with van der Waals surface area (Å²) in [5.41, 5.74) is 6.06. The predicted molar refractivity (Wildman–Crippen MR) is 174 cm³/mol. The van der Waals surface area contributed by atoms with Gasteiger partial charge in [-0.1, -0.05) is 60.7 Å². The van der Waals surface area contributed by atoms with Gasteiger partial charge < -0.3 is 44.4 Å². The van der Waals surface area contributed by atoms with Crippen LogP contribution >= 0.6 is 0 Å². The van der Waals surface area contributed by atoms with E-state index in [9.17, 15) is 14.4 Å². The number of amides is 3. The van der Waals surface area contributed by atoms with Crippen LogP contribution in [0, 0.1) is 0 Å². The minimum atomic E-state index is -0.489. The summed E-state index contributed by atoms with van der Waals surface area (Å²) < 4.78 is 32.0. The Hall–Kier alpha value is -4.49. The third-order valence-electron chi connectivity index (χ3n) is 7.31. The third-order valence-corrected chi connectivity index (χ3v) is 7.31. The zero-order valence-electron chi connectivity index (χ0n) is 26.7. The van der Waals surface area contributed by atoms with Gasteiger partial charge in [-0.25, -0.2) is 9.59 Å². The van der Waals surface area contributed by atoms with Crippen LogP contribution in [0.15, 0.2) is 72.8 Å². The molecule has 0 saturated heterocycles. The van der Waals surface area contributed by atoms with Gasteiger partial charge in [-0.2, -0.15) is 0 Å². The zero-order chi connectivity index (χ0) is 33.1. The minimum Gasteiger partial charge on any atom is -0.449 e. The van der Waals surface area contributed by atoms with Crippen molar-refractivity contribution >= 4 is 18.1 Å². The molecule has 1 aliphatic rings. The Labute approximate surface area is 275 Å². The molecular formula is C35H43N3O9. The Morgan fingerprint density at radius 1 is 0.596 bits per heavy atom. The van der Waals surface area contributed by atoms with Crippen molar-refractivity contribution in [3.05, 3.63) is 95.1 Å². The van der Waals surface area contributed by atoms with Crippen molar-refractivity contribution in [1.82, 2.24) is 16.0 Å². The number of carbonyl (C=O) groups is 3. The summed E-state index contributed by atoms with van der Waals surface area (Å²) >= 11 is 0. The predicted octanol–water partition coefficient (Wildman–Crippen LogP) is 3.88. The normalized spacial score (nSPS) is 11.8. The lowest BCUT2D eigenvalue weighted by molar-refractivity contribution is -0.00612. The maximum absolute atomic E-state index is 12.5. The fraction of sp³-hybridized carbons (Fsp3) is 0.400. The lowest BCUT2D eigenvalue weighted by Gasteiger charge is -2.14. The van der Waals surface area contributed by atoms with Crippen LogP contribution in [0.2, 0.25) is 0 Å². The number of rotatable bonds is 20. The van der Waals surface area contributed by atoms with Gasteiger partial charge in [-0.15, -0.1) is 0 Å². The van der Waals surface area contributed by atoms with E-state index in [1.54, 1.807) is 24.3 Å². The van der Waals surface area contributed by atoms with Crippen molar-refractivity contribution in [3.8, 4) is 11.1 Å². The lowest BCUT2D eigenvalue weighted by atomic mass is 9.98. The number of ether oxygens (including phenoxy) is 6. The van der Waals surface area contributed by atoms with Crippen molar-refractivity contribution in [2.45, 2.75) is 12.5 Å². The molecule has 0 spiro atoms. The van der Waals surface area contributed by atoms with Gasteiger partial charge in [0.15, 0.2) is 0 Å². The highest BCUT2D eigenvalue weighted by Crippen LogP contribution is 2.44. The SMILES string of the molecule is CNC(=O)OCCOCCOCCOCCOCCNC(=O)c1ccc(CNC(=O)OCC2c3ccccc3-c3ccccc32)cc1. The van der Waals surface area contributed by atoms with Gasteiger partial charge in [0.25, 0.3) is 5.91 Å². The topological polar surface area (TPSA) is 143 Å². The van der Waals surface area contributed by atoms with E-state index in [0.717, 1.165) is 16.7 Å². The summed E-state index contributed by atoms with van der Waals surface area (Å²) in [7, 11) is 1.49. The quantitative estimate of drug-likeness (QED) is 0.156. The summed E-state index contributed by atoms with van der Waals surface area (Å²) in [5.74, 6) is -0.204. The van der Waals surface area contributed by atoms with Crippen LogP contribution in [0.1, 0.15) is 33.0 Å². The van der Waals surface area contributed by atoms with E-state index in [4.69, 9.17) is 28.4 Å². The first kappa shape index (κ1) is 35.4. The van der Waals surface area contributed by atoms with Crippen LogP contribution in [0.25, 0.3) is 11.1 Å². The first-order valence-electron chi connectivity index (χ1n) is 15.7. The van der Waals surface area contributed by atoms with Crippen LogP contribution in [0.4, 0.5) is 9.59 Å². The van der Waals surface area contributed by atoms with Crippen LogP contribution in [-0.4, -0.2) is 97.8 Å². The molecule has 1 aliphatic carbocycles. The number of fused-ring (bicyclic) bond motifs is 3. The van der Waals surface area contributed by atoms with Gasteiger partial charge in [-0.05, 0) is 39.9 Å². The van der Waals surface area contributed by atoms with Crippen molar-refractivity contribution in [3.63, 3.8) is 0 Å². The maximum atomic E-state index is 12.5. The molecule has 0 heterocycles. The second kappa shape index (κ2) is 19.9. The second-order valence-electron chi connectivity index (χ2n) is 10.5. The number of hydrogen-bond donors (Lipinski definition) is 3. The fourth-order valence-electron chi connectivity index (χ4n) is 4.96. The fourth-order valence-corrected chi connectivity index (χ4v) is 4.96. The molecular weight excluding hydrogens is 606 g/mol. The molecule has 47 heavy (non-hydrogen) atoms. The lowest BCUT2D eigenvalue weighted by Crippen LogP contribution is -2.28. The molecule has 12 nitrogen and oxygen atoms in total. The second-order valence-corrected chi connectivity index (χ2v) is 10.5. The molecule has 4 rings (SSSR count). The van der Waals surface area contributed by atoms with Crippen LogP contribution in [0.3, 0.4) is 0 Å². The number of benzene rings is 3. The zero-order valence-corrected chi connectivity index (χ0v) is 26.7. The third kappa shape index (κ3) is 11.7. The van der Waals surface area contributed by atoms with Gasteiger partial charge in [0.1, 0.15) is 13.2 Å². The highest BCUT2D eigenvalue weighted by atomic mass is 16.6. The van der Waals surface area contributed by atoms with Gasteiger partial charge in [0, 0.05) is 31.6 Å². The molecule has 252 valence electrons. The summed E-state index contributed by atoms with van der Waals surface area (Å²) in [4.78, 5) is 35.8. The number of carbonyl (C=O) groups excluding carboxylic acids is 3. The standard InChI is InChI=1S/C35H43N3O9/c1-36-34(40)46-23-22-45-21-20-44-19-18-43-17-16-42-15-14-37-33(39)27-12-10-26(11-13-27)24-38-35(41)47-25-32-30-8-4-2-6-28(30)29-7-3-5-9-31(29)32/h2-13,32H,14-25H2,1H3,(H,36,40)(H,37,39)(H,38,41). The van der Waals surface area contributed by atoms with Gasteiger partial charge in [0.05, 0.1) is 52.9 Å². The minimum absolute atomic E-state index is 0.00323. The average Bonchev–Trinajstić information content (AvgIpc) is 3.43. The largest absolute Gasteiger partial charge is 0.449 e. The molecule has 0 fully saturated rings. The van der Waals surface area contributed by atoms with E-state index < -0.39 is 12.2 Å². The molecule has 0 radical (unpaired) electrons. The first-order valence-corrected chi connectivity index (χ1v) is 15.7. The smallest absolute Gasteiger partial charge is 0.407 e. The Morgan fingerprint density at radius 3 is 1.70 bits per heavy atom. The molecule has 3 N–H and O–H groups in total. The average molecular weight is 650 g/mol. The molecule has 0 aromatic heterocycles. The molecule has 0 unspecified atom stereocenters. The molecule has 0 saturated carbocycles. The van der Waals surface area contributed by atoms with E-state index in [0.29, 0.717) is 65.0 Å². The Kier molecular flexibility index (Phi) is 15.0. The van der Waals surface area contributed by atoms with Crippen molar-refractivity contribution in [2.75, 3.05) is 79.7 Å². The number of alkyl carbamates (subject to hydrolysis) is 2. The Morgan fingerprint density at radius 2 is 1.13 bits per heavy atom. The van der Waals surface area contributed by atoms with Crippen molar-refractivity contribution in [1.29, 1.82) is 0 Å². The highest BCUT2D eigenvalue weighted by Gasteiger charge is 2.29. The van der Waals surface area contributed by atoms with E-state index in [2.05, 4.69) is 40.2 Å². The summed E-state index contributed by atoms with van der Waals surface area (Å²) in [5, 5.41) is 7.97. The number of nitrogens with one attached hydrogen (secondary N) is 3. The highest BCUT2D eigenvalue weighted by molar-refractivity contribution is 5.94. The summed E-state index contributed by atoms with van der Waals surface area (Å²) in [6.07, 6.45) is -0.976. The molecule has 3 aromatic carbocycles. The van der Waals surface area contributed by atoms with Crippen LogP contribution in [-0.2, 0) is 35.0 Å². The van der Waals surface area contributed by atoms with Gasteiger partial charge in [0.2, 0.25) is 0 Å². The van der Waals surface area contributed by atoms with E-state index in [-0.39, 0.29) is 31.6 Å². The molecule has 3 aromatic rings. The number of hydrogen-bond acceptors (Lipinski definition) is 9.